The van der Waals surface area contributed by atoms with Gasteiger partial charge in [0.2, 0.25) is 5.91 Å². The van der Waals surface area contributed by atoms with Crippen molar-refractivity contribution < 1.29 is 9.59 Å². The molecule has 4 nitrogen and oxygen atoms in total. The molecule has 0 unspecified atom stereocenters. The average molecular weight is 351 g/mol. The van der Waals surface area contributed by atoms with Crippen molar-refractivity contribution in [1.29, 1.82) is 0 Å². The number of carbonyl (C=O) groups is 2. The van der Waals surface area contributed by atoms with Crippen LogP contribution in [0.5, 0.6) is 0 Å². The highest BCUT2D eigenvalue weighted by Gasteiger charge is 2.12. The molecule has 0 atom stereocenters. The van der Waals surface area contributed by atoms with E-state index >= 15 is 0 Å². The third-order valence-corrected chi connectivity index (χ3v) is 3.92. The van der Waals surface area contributed by atoms with Crippen LogP contribution < -0.4 is 10.6 Å². The molecule has 6 heteroatoms. The second-order valence-corrected chi connectivity index (χ2v) is 5.72. The molecular formula is C17H16Cl2N2O2. The van der Waals surface area contributed by atoms with Crippen LogP contribution in [0.15, 0.2) is 42.5 Å². The predicted octanol–water partition coefficient (Wildman–Crippen LogP) is 4.98. The van der Waals surface area contributed by atoms with Crippen molar-refractivity contribution in [2.24, 2.45) is 0 Å². The molecule has 0 spiro atoms. The topological polar surface area (TPSA) is 58.2 Å². The first kappa shape index (κ1) is 17.3. The van der Waals surface area contributed by atoms with Gasteiger partial charge in [-0.1, -0.05) is 36.2 Å². The molecule has 2 N–H and O–H groups in total. The van der Waals surface area contributed by atoms with Crippen LogP contribution in [-0.4, -0.2) is 11.8 Å². The molecule has 0 aliphatic heterocycles. The van der Waals surface area contributed by atoms with Gasteiger partial charge in [0.25, 0.3) is 5.91 Å². The number of halogens is 2. The molecule has 120 valence electrons. The van der Waals surface area contributed by atoms with Gasteiger partial charge in [-0.05, 0) is 42.8 Å². The first-order valence-corrected chi connectivity index (χ1v) is 7.92. The minimum atomic E-state index is -0.347. The number of nitrogens with one attached hydrogen (secondary N) is 2. The summed E-state index contributed by atoms with van der Waals surface area (Å²) in [5.41, 5.74) is 1.58. The minimum absolute atomic E-state index is 0.0324. The van der Waals surface area contributed by atoms with Crippen LogP contribution in [0.25, 0.3) is 0 Å². The Kier molecular flexibility index (Phi) is 6.02. The summed E-state index contributed by atoms with van der Waals surface area (Å²) >= 11 is 11.9. The molecule has 23 heavy (non-hydrogen) atoms. The highest BCUT2D eigenvalue weighted by molar-refractivity contribution is 6.44. The molecule has 0 fully saturated rings. The molecule has 2 aromatic carbocycles. The summed E-state index contributed by atoms with van der Waals surface area (Å²) in [6.07, 6.45) is 1.27. The van der Waals surface area contributed by atoms with Gasteiger partial charge in [-0.3, -0.25) is 9.59 Å². The van der Waals surface area contributed by atoms with Gasteiger partial charge in [0, 0.05) is 17.8 Å². The number of anilines is 2. The second kappa shape index (κ2) is 7.99. The van der Waals surface area contributed by atoms with Gasteiger partial charge >= 0.3 is 0 Å². The molecule has 0 aliphatic carbocycles. The van der Waals surface area contributed by atoms with Crippen LogP contribution in [0.3, 0.4) is 0 Å². The summed E-state index contributed by atoms with van der Waals surface area (Å²) in [6, 6.07) is 11.7. The number of amides is 2. The molecule has 0 aliphatic rings. The van der Waals surface area contributed by atoms with E-state index in [9.17, 15) is 9.59 Å². The fourth-order valence-electron chi connectivity index (χ4n) is 1.97. The molecule has 0 aromatic heterocycles. The van der Waals surface area contributed by atoms with E-state index in [4.69, 9.17) is 23.2 Å². The monoisotopic (exact) mass is 350 g/mol. The van der Waals surface area contributed by atoms with E-state index in [1.807, 2.05) is 6.92 Å². The van der Waals surface area contributed by atoms with E-state index < -0.39 is 0 Å². The molecular weight excluding hydrogens is 335 g/mol. The zero-order valence-electron chi connectivity index (χ0n) is 12.5. The Hall–Kier alpha value is -2.04. The maximum atomic E-state index is 12.2. The van der Waals surface area contributed by atoms with Crippen molar-refractivity contribution >= 4 is 46.4 Å². The first-order valence-electron chi connectivity index (χ1n) is 7.16. The van der Waals surface area contributed by atoms with E-state index in [-0.39, 0.29) is 16.8 Å². The van der Waals surface area contributed by atoms with Gasteiger partial charge in [0.1, 0.15) is 0 Å². The number of hydrogen-bond donors (Lipinski definition) is 2. The van der Waals surface area contributed by atoms with E-state index in [0.29, 0.717) is 28.4 Å². The molecule has 2 amide bonds. The second-order valence-electron chi connectivity index (χ2n) is 4.93. The van der Waals surface area contributed by atoms with E-state index in [2.05, 4.69) is 10.6 Å². The van der Waals surface area contributed by atoms with Crippen LogP contribution >= 0.6 is 23.2 Å². The summed E-state index contributed by atoms with van der Waals surface area (Å²) < 4.78 is 0. The highest BCUT2D eigenvalue weighted by atomic mass is 35.5. The number of hydrogen-bond acceptors (Lipinski definition) is 2. The number of benzene rings is 2. The Morgan fingerprint density at radius 1 is 0.957 bits per heavy atom. The standard InChI is InChI=1S/C17H16Cl2N2O2/c1-2-4-15(22)20-11-7-9-12(10-8-11)21-17(23)13-5-3-6-14(18)16(13)19/h3,5-10H,2,4H2,1H3,(H,20,22)(H,21,23). The summed E-state index contributed by atoms with van der Waals surface area (Å²) in [5, 5.41) is 6.06. The van der Waals surface area contributed by atoms with Crippen LogP contribution in [0.1, 0.15) is 30.1 Å². The van der Waals surface area contributed by atoms with Crippen LogP contribution in [0.4, 0.5) is 11.4 Å². The van der Waals surface area contributed by atoms with Crippen molar-refractivity contribution in [2.75, 3.05) is 10.6 Å². The lowest BCUT2D eigenvalue weighted by Gasteiger charge is -2.09. The Balaban J connectivity index is 2.04. The quantitative estimate of drug-likeness (QED) is 0.798. The van der Waals surface area contributed by atoms with Gasteiger partial charge in [-0.25, -0.2) is 0 Å². The van der Waals surface area contributed by atoms with Gasteiger partial charge in [0.05, 0.1) is 15.6 Å². The lowest BCUT2D eigenvalue weighted by Crippen LogP contribution is -2.13. The van der Waals surface area contributed by atoms with Crippen molar-refractivity contribution in [3.8, 4) is 0 Å². The lowest BCUT2D eigenvalue weighted by atomic mass is 10.2. The minimum Gasteiger partial charge on any atom is -0.326 e. The molecule has 0 saturated heterocycles. The van der Waals surface area contributed by atoms with E-state index in [1.165, 1.54) is 0 Å². The fraction of sp³-hybridized carbons (Fsp3) is 0.176. The first-order chi connectivity index (χ1) is 11.0. The zero-order valence-corrected chi connectivity index (χ0v) is 14.0. The molecule has 0 heterocycles. The predicted molar refractivity (Wildman–Crippen MR) is 94.4 cm³/mol. The average Bonchev–Trinajstić information content (AvgIpc) is 2.52. The zero-order chi connectivity index (χ0) is 16.8. The molecule has 0 bridgehead atoms. The van der Waals surface area contributed by atoms with Crippen molar-refractivity contribution in [3.63, 3.8) is 0 Å². The molecule has 2 rings (SSSR count). The highest BCUT2D eigenvalue weighted by Crippen LogP contribution is 2.26. The smallest absolute Gasteiger partial charge is 0.257 e. The Morgan fingerprint density at radius 2 is 1.57 bits per heavy atom. The van der Waals surface area contributed by atoms with Gasteiger partial charge in [-0.2, -0.15) is 0 Å². The Labute approximate surface area is 144 Å². The number of carbonyl (C=O) groups excluding carboxylic acids is 2. The van der Waals surface area contributed by atoms with Crippen LogP contribution in [0.2, 0.25) is 10.0 Å². The third-order valence-electron chi connectivity index (χ3n) is 3.10. The van der Waals surface area contributed by atoms with Crippen molar-refractivity contribution in [2.45, 2.75) is 19.8 Å². The fourth-order valence-corrected chi connectivity index (χ4v) is 2.35. The van der Waals surface area contributed by atoms with E-state index in [0.717, 1.165) is 6.42 Å². The molecule has 0 saturated carbocycles. The van der Waals surface area contributed by atoms with Gasteiger partial charge < -0.3 is 10.6 Å². The van der Waals surface area contributed by atoms with Gasteiger partial charge in [-0.15, -0.1) is 0 Å². The SMILES string of the molecule is CCCC(=O)Nc1ccc(NC(=O)c2cccc(Cl)c2Cl)cc1. The van der Waals surface area contributed by atoms with Gasteiger partial charge in [0.15, 0.2) is 0 Å². The maximum absolute atomic E-state index is 12.2. The summed E-state index contributed by atoms with van der Waals surface area (Å²) in [7, 11) is 0. The molecule has 2 aromatic rings. The lowest BCUT2D eigenvalue weighted by molar-refractivity contribution is -0.116. The maximum Gasteiger partial charge on any atom is 0.257 e. The normalized spacial score (nSPS) is 10.2. The molecule has 0 radical (unpaired) electrons. The van der Waals surface area contributed by atoms with Crippen molar-refractivity contribution in [1.82, 2.24) is 0 Å². The van der Waals surface area contributed by atoms with Crippen molar-refractivity contribution in [3.05, 3.63) is 58.1 Å². The van der Waals surface area contributed by atoms with E-state index in [1.54, 1.807) is 42.5 Å². The third kappa shape index (κ3) is 4.71. The van der Waals surface area contributed by atoms with Crippen LogP contribution in [-0.2, 0) is 4.79 Å². The summed E-state index contributed by atoms with van der Waals surface area (Å²) in [6.45, 7) is 1.94. The Morgan fingerprint density at radius 3 is 2.17 bits per heavy atom. The van der Waals surface area contributed by atoms with Crippen LogP contribution in [0, 0.1) is 0 Å². The summed E-state index contributed by atoms with van der Waals surface area (Å²) in [5.74, 6) is -0.379. The largest absolute Gasteiger partial charge is 0.326 e. The number of rotatable bonds is 5. The summed E-state index contributed by atoms with van der Waals surface area (Å²) in [4.78, 5) is 23.7. The Bertz CT molecular complexity index is 715.